The van der Waals surface area contributed by atoms with Crippen LogP contribution in [0.3, 0.4) is 0 Å². The molecule has 0 N–H and O–H groups in total. The third-order valence-corrected chi connectivity index (χ3v) is 3.68. The van der Waals surface area contributed by atoms with E-state index in [9.17, 15) is 4.79 Å². The Kier molecular flexibility index (Phi) is 3.86. The van der Waals surface area contributed by atoms with E-state index in [1.165, 1.54) is 6.92 Å². The second-order valence-corrected chi connectivity index (χ2v) is 4.63. The van der Waals surface area contributed by atoms with Crippen LogP contribution in [0, 0.1) is 0 Å². The molecule has 0 saturated carbocycles. The van der Waals surface area contributed by atoms with Crippen molar-refractivity contribution in [2.75, 3.05) is 6.61 Å². The van der Waals surface area contributed by atoms with Crippen molar-refractivity contribution < 1.29 is 9.53 Å². The molecular formula is C7H10O2S2. The minimum atomic E-state index is -0.189. The number of carbonyl (C=O) groups excluding carboxylic acids is 1. The molecule has 0 aromatic rings. The van der Waals surface area contributed by atoms with Gasteiger partial charge in [-0.3, -0.25) is 4.79 Å². The number of esters is 1. The highest BCUT2D eigenvalue weighted by Gasteiger charge is 2.11. The monoisotopic (exact) mass is 190 g/mol. The van der Waals surface area contributed by atoms with E-state index in [1.807, 2.05) is 0 Å². The number of thioether (sulfide) groups is 2. The molecule has 0 radical (unpaired) electrons. The first-order valence-electron chi connectivity index (χ1n) is 3.38. The van der Waals surface area contributed by atoms with E-state index in [1.54, 1.807) is 23.5 Å². The lowest BCUT2D eigenvalue weighted by molar-refractivity contribution is -0.140. The number of hydrogen-bond donors (Lipinski definition) is 0. The molecule has 0 aliphatic carbocycles. The molecule has 1 rings (SSSR count). The van der Waals surface area contributed by atoms with Crippen LogP contribution in [0.1, 0.15) is 13.3 Å². The minimum Gasteiger partial charge on any atom is -0.466 e. The van der Waals surface area contributed by atoms with E-state index in [4.69, 9.17) is 4.74 Å². The number of hydrogen-bond acceptors (Lipinski definition) is 4. The van der Waals surface area contributed by atoms with Gasteiger partial charge in [-0.05, 0) is 10.8 Å². The Morgan fingerprint density at radius 3 is 2.73 bits per heavy atom. The van der Waals surface area contributed by atoms with Crippen molar-refractivity contribution in [3.8, 4) is 0 Å². The standard InChI is InChI=1S/C7H10O2S2/c1-6(8)9-3-2-7-10-4-5-11-7/h4-5,7H,2-3H2,1H3. The van der Waals surface area contributed by atoms with Crippen LogP contribution in [0.15, 0.2) is 10.8 Å². The number of rotatable bonds is 3. The second-order valence-electron chi connectivity index (χ2n) is 2.10. The van der Waals surface area contributed by atoms with Crippen molar-refractivity contribution in [3.05, 3.63) is 10.8 Å². The molecule has 0 amide bonds. The van der Waals surface area contributed by atoms with E-state index in [0.29, 0.717) is 11.2 Å². The molecule has 1 heterocycles. The summed E-state index contributed by atoms with van der Waals surface area (Å²) in [5.41, 5.74) is 0. The zero-order valence-electron chi connectivity index (χ0n) is 6.28. The van der Waals surface area contributed by atoms with Crippen LogP contribution >= 0.6 is 23.5 Å². The second kappa shape index (κ2) is 4.72. The van der Waals surface area contributed by atoms with Gasteiger partial charge in [0.25, 0.3) is 0 Å². The first-order valence-corrected chi connectivity index (χ1v) is 5.27. The van der Waals surface area contributed by atoms with Crippen molar-refractivity contribution >= 4 is 29.5 Å². The highest BCUT2D eigenvalue weighted by molar-refractivity contribution is 8.22. The predicted molar refractivity (Wildman–Crippen MR) is 49.4 cm³/mol. The zero-order chi connectivity index (χ0) is 8.10. The Morgan fingerprint density at radius 1 is 1.55 bits per heavy atom. The molecule has 0 unspecified atom stereocenters. The van der Waals surface area contributed by atoms with E-state index < -0.39 is 0 Å². The van der Waals surface area contributed by atoms with Crippen LogP contribution in [0.25, 0.3) is 0 Å². The summed E-state index contributed by atoms with van der Waals surface area (Å²) < 4.78 is 5.36. The molecule has 0 atom stereocenters. The summed E-state index contributed by atoms with van der Waals surface area (Å²) in [6, 6.07) is 0. The summed E-state index contributed by atoms with van der Waals surface area (Å²) in [6.45, 7) is 1.98. The van der Waals surface area contributed by atoms with Gasteiger partial charge in [0.1, 0.15) is 0 Å². The lowest BCUT2D eigenvalue weighted by Crippen LogP contribution is -2.04. The van der Waals surface area contributed by atoms with E-state index in [2.05, 4.69) is 10.8 Å². The minimum absolute atomic E-state index is 0.189. The maximum Gasteiger partial charge on any atom is 0.302 e. The number of carbonyl (C=O) groups is 1. The van der Waals surface area contributed by atoms with Gasteiger partial charge in [0.15, 0.2) is 0 Å². The topological polar surface area (TPSA) is 26.3 Å². The van der Waals surface area contributed by atoms with Crippen LogP contribution < -0.4 is 0 Å². The fourth-order valence-electron chi connectivity index (χ4n) is 0.706. The third kappa shape index (κ3) is 3.72. The van der Waals surface area contributed by atoms with Gasteiger partial charge in [0.05, 0.1) is 11.2 Å². The molecule has 1 aliphatic rings. The summed E-state index contributed by atoms with van der Waals surface area (Å²) in [5, 5.41) is 4.15. The van der Waals surface area contributed by atoms with Crippen LogP contribution in [-0.4, -0.2) is 17.2 Å². The summed E-state index contributed by atoms with van der Waals surface area (Å²) in [5.74, 6) is -0.189. The van der Waals surface area contributed by atoms with Crippen molar-refractivity contribution in [1.29, 1.82) is 0 Å². The van der Waals surface area contributed by atoms with Crippen LogP contribution in [0.2, 0.25) is 0 Å². The van der Waals surface area contributed by atoms with Gasteiger partial charge >= 0.3 is 5.97 Å². The zero-order valence-corrected chi connectivity index (χ0v) is 7.91. The molecule has 1 aliphatic heterocycles. The van der Waals surface area contributed by atoms with E-state index in [0.717, 1.165) is 6.42 Å². The molecule has 0 fully saturated rings. The predicted octanol–water partition coefficient (Wildman–Crippen LogP) is 2.22. The lowest BCUT2D eigenvalue weighted by Gasteiger charge is -2.06. The highest BCUT2D eigenvalue weighted by Crippen LogP contribution is 2.35. The lowest BCUT2D eigenvalue weighted by atomic mass is 10.5. The van der Waals surface area contributed by atoms with Gasteiger partial charge in [-0.1, -0.05) is 0 Å². The molecule has 0 aromatic carbocycles. The van der Waals surface area contributed by atoms with E-state index in [-0.39, 0.29) is 5.97 Å². The van der Waals surface area contributed by atoms with E-state index >= 15 is 0 Å². The Hall–Kier alpha value is -0.0900. The van der Waals surface area contributed by atoms with Gasteiger partial charge in [-0.2, -0.15) is 0 Å². The maximum absolute atomic E-state index is 10.4. The molecule has 4 heteroatoms. The highest BCUT2D eigenvalue weighted by atomic mass is 32.2. The summed E-state index contributed by atoms with van der Waals surface area (Å²) in [6.07, 6.45) is 0.932. The molecule has 0 bridgehead atoms. The number of ether oxygens (including phenoxy) is 1. The third-order valence-electron chi connectivity index (χ3n) is 1.18. The molecule has 0 spiro atoms. The van der Waals surface area contributed by atoms with Crippen LogP contribution in [0.5, 0.6) is 0 Å². The van der Waals surface area contributed by atoms with Gasteiger partial charge in [-0.15, -0.1) is 23.5 Å². The van der Waals surface area contributed by atoms with Crippen molar-refractivity contribution in [2.45, 2.75) is 17.9 Å². The molecular weight excluding hydrogens is 180 g/mol. The van der Waals surface area contributed by atoms with Crippen molar-refractivity contribution in [2.24, 2.45) is 0 Å². The summed E-state index contributed by atoms with van der Waals surface area (Å²) in [7, 11) is 0. The first kappa shape index (κ1) is 9.00. The molecule has 0 aromatic heterocycles. The molecule has 2 nitrogen and oxygen atoms in total. The Bertz CT molecular complexity index is 160. The van der Waals surface area contributed by atoms with Crippen molar-refractivity contribution in [1.82, 2.24) is 0 Å². The van der Waals surface area contributed by atoms with Gasteiger partial charge in [0, 0.05) is 13.3 Å². The van der Waals surface area contributed by atoms with Gasteiger partial charge in [-0.25, -0.2) is 0 Å². The first-order chi connectivity index (χ1) is 5.29. The largest absolute Gasteiger partial charge is 0.466 e. The Morgan fingerprint density at radius 2 is 2.18 bits per heavy atom. The maximum atomic E-state index is 10.4. The van der Waals surface area contributed by atoms with Gasteiger partial charge in [0.2, 0.25) is 0 Å². The van der Waals surface area contributed by atoms with Crippen LogP contribution in [-0.2, 0) is 9.53 Å². The SMILES string of the molecule is CC(=O)OCCC1SC=CS1. The fourth-order valence-corrected chi connectivity index (χ4v) is 2.68. The van der Waals surface area contributed by atoms with Crippen LogP contribution in [0.4, 0.5) is 0 Å². The normalized spacial score (nSPS) is 17.2. The average molecular weight is 190 g/mol. The fraction of sp³-hybridized carbons (Fsp3) is 0.571. The quantitative estimate of drug-likeness (QED) is 0.637. The average Bonchev–Trinajstić information content (AvgIpc) is 2.39. The molecule has 0 saturated heterocycles. The van der Waals surface area contributed by atoms with Crippen molar-refractivity contribution in [3.63, 3.8) is 0 Å². The smallest absolute Gasteiger partial charge is 0.302 e. The van der Waals surface area contributed by atoms with Gasteiger partial charge < -0.3 is 4.74 Å². The molecule has 62 valence electrons. The Balaban J connectivity index is 1.99. The summed E-state index contributed by atoms with van der Waals surface area (Å²) >= 11 is 3.57. The molecule has 11 heavy (non-hydrogen) atoms. The Labute approximate surface area is 74.8 Å². The summed E-state index contributed by atoms with van der Waals surface area (Å²) in [4.78, 5) is 10.4.